The lowest BCUT2D eigenvalue weighted by molar-refractivity contribution is 0.0894. The Morgan fingerprint density at radius 3 is 2.82 bits per heavy atom. The lowest BCUT2D eigenvalue weighted by atomic mass is 10.2. The van der Waals surface area contributed by atoms with Crippen molar-refractivity contribution in [3.8, 4) is 0 Å². The third-order valence-electron chi connectivity index (χ3n) is 2.38. The molecule has 1 aromatic carbocycles. The van der Waals surface area contributed by atoms with Crippen molar-refractivity contribution in [2.24, 2.45) is 0 Å². The van der Waals surface area contributed by atoms with E-state index in [1.807, 2.05) is 6.92 Å². The van der Waals surface area contributed by atoms with Gasteiger partial charge in [-0.25, -0.2) is 0 Å². The van der Waals surface area contributed by atoms with Gasteiger partial charge in [0.05, 0.1) is 17.7 Å². The number of carbonyl (C=O) groups is 1. The number of rotatable bonds is 5. The van der Waals surface area contributed by atoms with Gasteiger partial charge in [0, 0.05) is 17.1 Å². The topological polar surface area (TPSA) is 38.3 Å². The van der Waals surface area contributed by atoms with Gasteiger partial charge in [0.25, 0.3) is 5.91 Å². The first-order valence-corrected chi connectivity index (χ1v) is 6.50. The van der Waals surface area contributed by atoms with Crippen molar-refractivity contribution in [3.63, 3.8) is 0 Å². The van der Waals surface area contributed by atoms with Crippen LogP contribution in [0.15, 0.2) is 22.7 Å². The Hall–Kier alpha value is -0.580. The number of ether oxygens (including phenoxy) is 1. The predicted octanol–water partition coefficient (Wildman–Crippen LogP) is 3.26. The number of nitrogens with one attached hydrogen (secondary N) is 1. The summed E-state index contributed by atoms with van der Waals surface area (Å²) >= 11 is 9.16. The van der Waals surface area contributed by atoms with E-state index >= 15 is 0 Å². The Bertz CT molecular complexity index is 398. The fourth-order valence-corrected chi connectivity index (χ4v) is 1.87. The lowest BCUT2D eigenvalue weighted by Gasteiger charge is -2.16. The highest BCUT2D eigenvalue weighted by molar-refractivity contribution is 9.10. The SMILES string of the molecule is CCC(COC)NC(=O)c1ccc(Cl)c(Br)c1. The summed E-state index contributed by atoms with van der Waals surface area (Å²) in [7, 11) is 1.62. The molecule has 1 unspecified atom stereocenters. The van der Waals surface area contributed by atoms with Crippen LogP contribution in [0.1, 0.15) is 23.7 Å². The Morgan fingerprint density at radius 1 is 1.59 bits per heavy atom. The van der Waals surface area contributed by atoms with Crippen molar-refractivity contribution in [1.29, 1.82) is 0 Å². The van der Waals surface area contributed by atoms with E-state index in [2.05, 4.69) is 21.2 Å². The van der Waals surface area contributed by atoms with Crippen molar-refractivity contribution in [1.82, 2.24) is 5.32 Å². The van der Waals surface area contributed by atoms with Crippen LogP contribution in [-0.2, 0) is 4.74 Å². The summed E-state index contributed by atoms with van der Waals surface area (Å²) in [6, 6.07) is 5.12. The lowest BCUT2D eigenvalue weighted by Crippen LogP contribution is -2.37. The van der Waals surface area contributed by atoms with Gasteiger partial charge in [-0.2, -0.15) is 0 Å². The van der Waals surface area contributed by atoms with Crippen LogP contribution in [0.5, 0.6) is 0 Å². The van der Waals surface area contributed by atoms with Gasteiger partial charge >= 0.3 is 0 Å². The minimum atomic E-state index is -0.119. The summed E-state index contributed by atoms with van der Waals surface area (Å²) in [6.07, 6.45) is 0.828. The molecule has 0 saturated heterocycles. The van der Waals surface area contributed by atoms with Crippen LogP contribution in [0.4, 0.5) is 0 Å². The summed E-state index contributed by atoms with van der Waals surface area (Å²) in [5.74, 6) is -0.119. The van der Waals surface area contributed by atoms with E-state index in [4.69, 9.17) is 16.3 Å². The highest BCUT2D eigenvalue weighted by atomic mass is 79.9. The highest BCUT2D eigenvalue weighted by Gasteiger charge is 2.12. The van der Waals surface area contributed by atoms with Gasteiger partial charge in [0.15, 0.2) is 0 Å². The van der Waals surface area contributed by atoms with E-state index in [1.165, 1.54) is 0 Å². The normalized spacial score (nSPS) is 12.2. The summed E-state index contributed by atoms with van der Waals surface area (Å²) in [4.78, 5) is 11.9. The third-order valence-corrected chi connectivity index (χ3v) is 3.59. The van der Waals surface area contributed by atoms with Crippen molar-refractivity contribution in [2.75, 3.05) is 13.7 Å². The van der Waals surface area contributed by atoms with Crippen LogP contribution in [0.3, 0.4) is 0 Å². The molecule has 1 atom stereocenters. The van der Waals surface area contributed by atoms with E-state index in [-0.39, 0.29) is 11.9 Å². The van der Waals surface area contributed by atoms with Gasteiger partial charge in [-0.15, -0.1) is 0 Å². The molecule has 17 heavy (non-hydrogen) atoms. The molecule has 0 heterocycles. The third kappa shape index (κ3) is 4.30. The molecule has 0 aliphatic carbocycles. The van der Waals surface area contributed by atoms with Gasteiger partial charge in [-0.1, -0.05) is 18.5 Å². The summed E-state index contributed by atoms with van der Waals surface area (Å²) < 4.78 is 5.74. The highest BCUT2D eigenvalue weighted by Crippen LogP contribution is 2.23. The number of methoxy groups -OCH3 is 1. The molecule has 0 aromatic heterocycles. The molecule has 1 aromatic rings. The minimum Gasteiger partial charge on any atom is -0.383 e. The smallest absolute Gasteiger partial charge is 0.251 e. The molecule has 3 nitrogen and oxygen atoms in total. The zero-order valence-corrected chi connectivity index (χ0v) is 12.1. The molecule has 0 aliphatic rings. The molecule has 1 amide bonds. The molecular formula is C12H15BrClNO2. The van der Waals surface area contributed by atoms with Crippen molar-refractivity contribution in [2.45, 2.75) is 19.4 Å². The quantitative estimate of drug-likeness (QED) is 0.904. The Balaban J connectivity index is 2.72. The molecule has 0 saturated carbocycles. The molecule has 0 bridgehead atoms. The van der Waals surface area contributed by atoms with E-state index in [1.54, 1.807) is 25.3 Å². The van der Waals surface area contributed by atoms with Gasteiger partial charge in [0.1, 0.15) is 0 Å². The Kier molecular flexibility index (Phi) is 5.95. The van der Waals surface area contributed by atoms with Gasteiger partial charge in [-0.3, -0.25) is 4.79 Å². The number of hydrogen-bond acceptors (Lipinski definition) is 2. The minimum absolute atomic E-state index is 0.0296. The zero-order valence-electron chi connectivity index (χ0n) is 9.80. The molecular weight excluding hydrogens is 305 g/mol. The second-order valence-electron chi connectivity index (χ2n) is 3.66. The molecule has 5 heteroatoms. The van der Waals surface area contributed by atoms with Gasteiger partial charge < -0.3 is 10.1 Å². The first-order chi connectivity index (χ1) is 8.08. The maximum absolute atomic E-state index is 11.9. The maximum atomic E-state index is 11.9. The second kappa shape index (κ2) is 6.99. The number of benzene rings is 1. The second-order valence-corrected chi connectivity index (χ2v) is 4.92. The fourth-order valence-electron chi connectivity index (χ4n) is 1.37. The Labute approximate surface area is 115 Å². The summed E-state index contributed by atoms with van der Waals surface area (Å²) in [5, 5.41) is 3.49. The number of carbonyl (C=O) groups excluding carboxylic acids is 1. The molecule has 1 N–H and O–H groups in total. The molecule has 0 spiro atoms. The molecule has 0 radical (unpaired) electrons. The van der Waals surface area contributed by atoms with Crippen molar-refractivity contribution >= 4 is 33.4 Å². The first-order valence-electron chi connectivity index (χ1n) is 5.33. The standard InChI is InChI=1S/C12H15BrClNO2/c1-3-9(7-17-2)15-12(16)8-4-5-11(14)10(13)6-8/h4-6,9H,3,7H2,1-2H3,(H,15,16). The summed E-state index contributed by atoms with van der Waals surface area (Å²) in [6.45, 7) is 2.51. The van der Waals surface area contributed by atoms with E-state index in [0.29, 0.717) is 21.7 Å². The fraction of sp³-hybridized carbons (Fsp3) is 0.417. The molecule has 94 valence electrons. The average molecular weight is 321 g/mol. The monoisotopic (exact) mass is 319 g/mol. The van der Waals surface area contributed by atoms with Crippen LogP contribution >= 0.6 is 27.5 Å². The number of amides is 1. The molecule has 1 rings (SSSR count). The van der Waals surface area contributed by atoms with Crippen LogP contribution in [0, 0.1) is 0 Å². The zero-order chi connectivity index (χ0) is 12.8. The first kappa shape index (κ1) is 14.5. The van der Waals surface area contributed by atoms with E-state index < -0.39 is 0 Å². The van der Waals surface area contributed by atoms with Crippen LogP contribution < -0.4 is 5.32 Å². The predicted molar refractivity (Wildman–Crippen MR) is 72.6 cm³/mol. The van der Waals surface area contributed by atoms with E-state index in [9.17, 15) is 4.79 Å². The number of halogens is 2. The average Bonchev–Trinajstić information content (AvgIpc) is 2.31. The Morgan fingerprint density at radius 2 is 2.29 bits per heavy atom. The van der Waals surface area contributed by atoms with Crippen molar-refractivity contribution in [3.05, 3.63) is 33.3 Å². The molecule has 0 fully saturated rings. The van der Waals surface area contributed by atoms with Gasteiger partial charge in [0.2, 0.25) is 0 Å². The maximum Gasteiger partial charge on any atom is 0.251 e. The van der Waals surface area contributed by atoms with E-state index in [0.717, 1.165) is 6.42 Å². The van der Waals surface area contributed by atoms with Crippen LogP contribution in [0.25, 0.3) is 0 Å². The van der Waals surface area contributed by atoms with Crippen molar-refractivity contribution < 1.29 is 9.53 Å². The largest absolute Gasteiger partial charge is 0.383 e. The number of hydrogen-bond donors (Lipinski definition) is 1. The van der Waals surface area contributed by atoms with Gasteiger partial charge in [-0.05, 0) is 40.5 Å². The van der Waals surface area contributed by atoms with Crippen LogP contribution in [0.2, 0.25) is 5.02 Å². The van der Waals surface area contributed by atoms with Crippen LogP contribution in [-0.4, -0.2) is 25.7 Å². The molecule has 0 aliphatic heterocycles. The summed E-state index contributed by atoms with van der Waals surface area (Å²) in [5.41, 5.74) is 0.579.